The predicted octanol–water partition coefficient (Wildman–Crippen LogP) is 1.51. The van der Waals surface area contributed by atoms with Crippen molar-refractivity contribution in [3.8, 4) is 0 Å². The maximum absolute atomic E-state index is 12.9. The monoisotopic (exact) mass is 231 g/mol. The number of benzene rings is 1. The van der Waals surface area contributed by atoms with Crippen LogP contribution >= 0.6 is 12.4 Å². The van der Waals surface area contributed by atoms with Gasteiger partial charge in [-0.2, -0.15) is 0 Å². The van der Waals surface area contributed by atoms with E-state index >= 15 is 0 Å². The Morgan fingerprint density at radius 1 is 1.47 bits per heavy atom. The van der Waals surface area contributed by atoms with Gasteiger partial charge in [-0.15, -0.1) is 12.4 Å². The third-order valence-corrected chi connectivity index (χ3v) is 2.64. The lowest BCUT2D eigenvalue weighted by Gasteiger charge is -2.20. The van der Waals surface area contributed by atoms with E-state index in [4.69, 9.17) is 0 Å². The summed E-state index contributed by atoms with van der Waals surface area (Å²) in [6.45, 7) is 1.44. The molecule has 1 aliphatic rings. The van der Waals surface area contributed by atoms with Gasteiger partial charge < -0.3 is 10.4 Å². The van der Waals surface area contributed by atoms with Crippen molar-refractivity contribution < 1.29 is 9.50 Å². The molecule has 15 heavy (non-hydrogen) atoms. The van der Waals surface area contributed by atoms with E-state index in [0.717, 1.165) is 18.5 Å². The topological polar surface area (TPSA) is 32.3 Å². The molecule has 1 aliphatic heterocycles. The highest BCUT2D eigenvalue weighted by Crippen LogP contribution is 2.20. The zero-order chi connectivity index (χ0) is 10.0. The summed E-state index contributed by atoms with van der Waals surface area (Å²) in [5.74, 6) is -0.239. The number of halogens is 2. The second kappa shape index (κ2) is 4.92. The smallest absolute Gasteiger partial charge is 0.123 e. The Bertz CT molecular complexity index is 326. The Morgan fingerprint density at radius 3 is 2.87 bits per heavy atom. The molecule has 0 spiro atoms. The molecule has 2 rings (SSSR count). The van der Waals surface area contributed by atoms with Crippen molar-refractivity contribution in [2.24, 2.45) is 0 Å². The van der Waals surface area contributed by atoms with Gasteiger partial charge in [-0.3, -0.25) is 0 Å². The van der Waals surface area contributed by atoms with Crippen LogP contribution in [0.15, 0.2) is 24.3 Å². The van der Waals surface area contributed by atoms with Crippen molar-refractivity contribution in [3.05, 3.63) is 35.6 Å². The molecule has 1 atom stereocenters. The highest BCUT2D eigenvalue weighted by molar-refractivity contribution is 5.85. The molecule has 1 aromatic rings. The summed E-state index contributed by atoms with van der Waals surface area (Å²) in [4.78, 5) is 0. The van der Waals surface area contributed by atoms with Gasteiger partial charge in [-0.1, -0.05) is 12.1 Å². The van der Waals surface area contributed by atoms with Gasteiger partial charge in [0.25, 0.3) is 0 Å². The van der Waals surface area contributed by atoms with Crippen LogP contribution in [0.4, 0.5) is 4.39 Å². The molecule has 1 fully saturated rings. The van der Waals surface area contributed by atoms with E-state index in [2.05, 4.69) is 5.32 Å². The summed E-state index contributed by atoms with van der Waals surface area (Å²) in [6.07, 6.45) is 1.27. The van der Waals surface area contributed by atoms with E-state index < -0.39 is 5.60 Å². The molecule has 0 aliphatic carbocycles. The van der Waals surface area contributed by atoms with Crippen molar-refractivity contribution in [3.63, 3.8) is 0 Å². The third-order valence-electron chi connectivity index (χ3n) is 2.64. The van der Waals surface area contributed by atoms with E-state index in [-0.39, 0.29) is 18.2 Å². The van der Waals surface area contributed by atoms with E-state index in [1.54, 1.807) is 6.07 Å². The number of aliphatic hydroxyl groups is 1. The van der Waals surface area contributed by atoms with Gasteiger partial charge in [0, 0.05) is 13.0 Å². The van der Waals surface area contributed by atoms with Crippen molar-refractivity contribution in [2.45, 2.75) is 18.4 Å². The van der Waals surface area contributed by atoms with Gasteiger partial charge in [0.1, 0.15) is 5.82 Å². The van der Waals surface area contributed by atoms with Gasteiger partial charge >= 0.3 is 0 Å². The summed E-state index contributed by atoms with van der Waals surface area (Å²) in [5, 5.41) is 13.2. The molecule has 0 amide bonds. The number of hydrogen-bond acceptors (Lipinski definition) is 2. The van der Waals surface area contributed by atoms with E-state index in [1.807, 2.05) is 6.07 Å². The van der Waals surface area contributed by atoms with E-state index in [1.165, 1.54) is 12.1 Å². The molecule has 4 heteroatoms. The number of nitrogens with one attached hydrogen (secondary N) is 1. The number of rotatable bonds is 2. The zero-order valence-corrected chi connectivity index (χ0v) is 9.19. The van der Waals surface area contributed by atoms with Crippen LogP contribution in [0.5, 0.6) is 0 Å². The fourth-order valence-electron chi connectivity index (χ4n) is 1.91. The van der Waals surface area contributed by atoms with Crippen LogP contribution in [0.3, 0.4) is 0 Å². The number of hydrogen-bond donors (Lipinski definition) is 2. The first-order valence-corrected chi connectivity index (χ1v) is 4.86. The van der Waals surface area contributed by atoms with Crippen LogP contribution in [0, 0.1) is 5.82 Å². The van der Waals surface area contributed by atoms with Gasteiger partial charge in [0.05, 0.1) is 5.60 Å². The molecule has 2 nitrogen and oxygen atoms in total. The summed E-state index contributed by atoms with van der Waals surface area (Å²) in [5.41, 5.74) is 0.171. The summed E-state index contributed by atoms with van der Waals surface area (Å²) >= 11 is 0. The summed E-state index contributed by atoms with van der Waals surface area (Å²) < 4.78 is 12.9. The maximum Gasteiger partial charge on any atom is 0.123 e. The largest absolute Gasteiger partial charge is 0.388 e. The third kappa shape index (κ3) is 3.16. The average Bonchev–Trinajstić information content (AvgIpc) is 2.51. The summed E-state index contributed by atoms with van der Waals surface area (Å²) in [6, 6.07) is 6.42. The van der Waals surface area contributed by atoms with E-state index in [0.29, 0.717) is 13.0 Å². The molecule has 1 unspecified atom stereocenters. The molecule has 0 saturated carbocycles. The van der Waals surface area contributed by atoms with Crippen LogP contribution < -0.4 is 5.32 Å². The van der Waals surface area contributed by atoms with Gasteiger partial charge in [-0.05, 0) is 30.7 Å². The average molecular weight is 232 g/mol. The molecular formula is C11H15ClFNO. The molecule has 1 saturated heterocycles. The van der Waals surface area contributed by atoms with E-state index in [9.17, 15) is 9.50 Å². The number of β-amino-alcohol motifs (C(OH)–C–C–N with tert-alkyl or cyclic N) is 1. The molecule has 0 bridgehead atoms. The van der Waals surface area contributed by atoms with Crippen LogP contribution in [-0.2, 0) is 6.42 Å². The molecule has 0 radical (unpaired) electrons. The van der Waals surface area contributed by atoms with Crippen LogP contribution in [0.2, 0.25) is 0 Å². The van der Waals surface area contributed by atoms with Crippen LogP contribution in [0.25, 0.3) is 0 Å². The first-order chi connectivity index (χ1) is 6.68. The molecule has 84 valence electrons. The minimum atomic E-state index is -0.687. The highest BCUT2D eigenvalue weighted by Gasteiger charge is 2.30. The predicted molar refractivity (Wildman–Crippen MR) is 59.8 cm³/mol. The Kier molecular flexibility index (Phi) is 4.08. The van der Waals surface area contributed by atoms with Crippen LogP contribution in [0.1, 0.15) is 12.0 Å². The fraction of sp³-hybridized carbons (Fsp3) is 0.455. The Morgan fingerprint density at radius 2 is 2.27 bits per heavy atom. The quantitative estimate of drug-likeness (QED) is 0.809. The standard InChI is InChI=1S/C11H14FNO.ClH/c12-10-3-1-2-9(6-10)7-11(14)4-5-13-8-11;/h1-3,6,13-14H,4-5,7-8H2;1H. The first-order valence-electron chi connectivity index (χ1n) is 4.86. The Balaban J connectivity index is 0.00000112. The zero-order valence-electron chi connectivity index (χ0n) is 8.37. The van der Waals surface area contributed by atoms with Crippen molar-refractivity contribution in [1.29, 1.82) is 0 Å². The lowest BCUT2D eigenvalue weighted by atomic mass is 9.94. The molecule has 1 heterocycles. The lowest BCUT2D eigenvalue weighted by molar-refractivity contribution is 0.0618. The second-order valence-electron chi connectivity index (χ2n) is 3.96. The molecule has 0 aromatic heterocycles. The van der Waals surface area contributed by atoms with Crippen molar-refractivity contribution in [2.75, 3.05) is 13.1 Å². The van der Waals surface area contributed by atoms with Crippen molar-refractivity contribution in [1.82, 2.24) is 5.32 Å². The minimum Gasteiger partial charge on any atom is -0.388 e. The first kappa shape index (κ1) is 12.4. The highest BCUT2D eigenvalue weighted by atomic mass is 35.5. The van der Waals surface area contributed by atoms with Gasteiger partial charge in [-0.25, -0.2) is 4.39 Å². The summed E-state index contributed by atoms with van der Waals surface area (Å²) in [7, 11) is 0. The normalized spacial score (nSPS) is 24.9. The minimum absolute atomic E-state index is 0. The Hall–Kier alpha value is -0.640. The van der Waals surface area contributed by atoms with Gasteiger partial charge in [0.15, 0.2) is 0 Å². The second-order valence-corrected chi connectivity index (χ2v) is 3.96. The fourth-order valence-corrected chi connectivity index (χ4v) is 1.91. The van der Waals surface area contributed by atoms with Crippen molar-refractivity contribution >= 4 is 12.4 Å². The maximum atomic E-state index is 12.9. The SMILES string of the molecule is Cl.OC1(Cc2cccc(F)c2)CCNC1. The van der Waals surface area contributed by atoms with Crippen LogP contribution in [-0.4, -0.2) is 23.8 Å². The molecule has 2 N–H and O–H groups in total. The van der Waals surface area contributed by atoms with Gasteiger partial charge in [0.2, 0.25) is 0 Å². The molecule has 1 aromatic carbocycles. The lowest BCUT2D eigenvalue weighted by Crippen LogP contribution is -2.33. The molecular weight excluding hydrogens is 217 g/mol. The Labute approximate surface area is 94.9 Å².